The number of nitrogens with zero attached hydrogens (tertiary/aromatic N) is 5. The molecular formula is C17H25N5O3. The normalized spacial score (nSPS) is 17.9. The number of piperidine rings is 1. The topological polar surface area (TPSA) is 86.3 Å². The molecule has 3 heterocycles. The fourth-order valence-corrected chi connectivity index (χ4v) is 3.15. The molecule has 0 saturated carbocycles. The lowest BCUT2D eigenvalue weighted by Gasteiger charge is -2.32. The third-order valence-corrected chi connectivity index (χ3v) is 4.38. The Balaban J connectivity index is 1.46. The highest BCUT2D eigenvalue weighted by Crippen LogP contribution is 2.16. The van der Waals surface area contributed by atoms with E-state index in [1.807, 2.05) is 29.5 Å². The van der Waals surface area contributed by atoms with Crippen LogP contribution >= 0.6 is 0 Å². The molecule has 25 heavy (non-hydrogen) atoms. The van der Waals surface area contributed by atoms with E-state index in [1.165, 1.54) is 0 Å². The van der Waals surface area contributed by atoms with E-state index in [2.05, 4.69) is 15.2 Å². The first-order valence-corrected chi connectivity index (χ1v) is 8.71. The van der Waals surface area contributed by atoms with Crippen LogP contribution < -0.4 is 0 Å². The van der Waals surface area contributed by atoms with E-state index >= 15 is 0 Å². The molecule has 1 aliphatic heterocycles. The second kappa shape index (κ2) is 7.77. The summed E-state index contributed by atoms with van der Waals surface area (Å²) in [6.07, 6.45) is 2.35. The van der Waals surface area contributed by atoms with Gasteiger partial charge in [0.15, 0.2) is 5.82 Å². The first-order chi connectivity index (χ1) is 12.0. The maximum Gasteiger partial charge on any atom is 0.252 e. The molecule has 2 aromatic heterocycles. The Hall–Kier alpha value is -2.22. The number of aryl methyl sites for hydroxylation is 4. The standard InChI is InChI=1S/C17H25N5O3/c1-12-9-13(2)22(19-12)8-6-17(23)21-7-4-5-15(10-21)24-11-16-18-14(3)20-25-16/h9,15H,4-8,10-11H2,1-3H3. The molecule has 1 saturated heterocycles. The summed E-state index contributed by atoms with van der Waals surface area (Å²) in [5.41, 5.74) is 2.06. The van der Waals surface area contributed by atoms with Crippen LogP contribution in [0.5, 0.6) is 0 Å². The van der Waals surface area contributed by atoms with Crippen molar-refractivity contribution in [1.29, 1.82) is 0 Å². The zero-order chi connectivity index (χ0) is 17.8. The fraction of sp³-hybridized carbons (Fsp3) is 0.647. The second-order valence-electron chi connectivity index (χ2n) is 6.55. The van der Waals surface area contributed by atoms with Crippen molar-refractivity contribution in [2.75, 3.05) is 13.1 Å². The zero-order valence-electron chi connectivity index (χ0n) is 15.1. The first kappa shape index (κ1) is 17.6. The van der Waals surface area contributed by atoms with Crippen LogP contribution in [0.3, 0.4) is 0 Å². The predicted molar refractivity (Wildman–Crippen MR) is 89.7 cm³/mol. The van der Waals surface area contributed by atoms with E-state index in [0.717, 1.165) is 30.8 Å². The van der Waals surface area contributed by atoms with Crippen LogP contribution in [0.1, 0.15) is 42.4 Å². The van der Waals surface area contributed by atoms with Gasteiger partial charge in [0.1, 0.15) is 6.61 Å². The Morgan fingerprint density at radius 2 is 2.24 bits per heavy atom. The van der Waals surface area contributed by atoms with E-state index in [-0.39, 0.29) is 12.0 Å². The summed E-state index contributed by atoms with van der Waals surface area (Å²) in [6, 6.07) is 2.02. The van der Waals surface area contributed by atoms with Gasteiger partial charge in [0, 0.05) is 31.7 Å². The number of ether oxygens (including phenoxy) is 1. The maximum atomic E-state index is 12.5. The molecule has 136 valence electrons. The number of amides is 1. The summed E-state index contributed by atoms with van der Waals surface area (Å²) in [4.78, 5) is 18.5. The predicted octanol–water partition coefficient (Wildman–Crippen LogP) is 1.79. The maximum absolute atomic E-state index is 12.5. The first-order valence-electron chi connectivity index (χ1n) is 8.71. The number of aromatic nitrogens is 4. The van der Waals surface area contributed by atoms with Gasteiger partial charge in [-0.1, -0.05) is 5.16 Å². The molecule has 1 amide bonds. The summed E-state index contributed by atoms with van der Waals surface area (Å²) in [5, 5.41) is 8.15. The molecule has 1 unspecified atom stereocenters. The summed E-state index contributed by atoms with van der Waals surface area (Å²) < 4.78 is 12.8. The van der Waals surface area contributed by atoms with E-state index in [4.69, 9.17) is 9.26 Å². The van der Waals surface area contributed by atoms with Crippen LogP contribution in [0.15, 0.2) is 10.6 Å². The lowest BCUT2D eigenvalue weighted by molar-refractivity contribution is -0.136. The summed E-state index contributed by atoms with van der Waals surface area (Å²) >= 11 is 0. The van der Waals surface area contributed by atoms with E-state index in [1.54, 1.807) is 6.92 Å². The average Bonchev–Trinajstić information content (AvgIpc) is 3.15. The van der Waals surface area contributed by atoms with Gasteiger partial charge >= 0.3 is 0 Å². The molecule has 1 fully saturated rings. The van der Waals surface area contributed by atoms with Crippen LogP contribution in [0.2, 0.25) is 0 Å². The largest absolute Gasteiger partial charge is 0.367 e. The molecule has 0 aromatic carbocycles. The van der Waals surface area contributed by atoms with E-state index in [9.17, 15) is 4.79 Å². The third kappa shape index (κ3) is 4.66. The van der Waals surface area contributed by atoms with E-state index in [0.29, 0.717) is 37.8 Å². The van der Waals surface area contributed by atoms with Crippen molar-refractivity contribution in [2.45, 2.75) is 59.3 Å². The molecule has 0 aliphatic carbocycles. The summed E-state index contributed by atoms with van der Waals surface area (Å²) in [7, 11) is 0. The molecule has 1 atom stereocenters. The number of carbonyl (C=O) groups excluding carboxylic acids is 1. The van der Waals surface area contributed by atoms with Crippen LogP contribution in [0, 0.1) is 20.8 Å². The minimum absolute atomic E-state index is 0.0126. The highest BCUT2D eigenvalue weighted by atomic mass is 16.5. The van der Waals surface area contributed by atoms with Gasteiger partial charge in [-0.05, 0) is 39.7 Å². The van der Waals surface area contributed by atoms with Crippen molar-refractivity contribution in [3.05, 3.63) is 29.2 Å². The van der Waals surface area contributed by atoms with Crippen LogP contribution in [-0.4, -0.2) is 49.9 Å². The van der Waals surface area contributed by atoms with Gasteiger partial charge in [-0.25, -0.2) is 0 Å². The Morgan fingerprint density at radius 3 is 2.92 bits per heavy atom. The number of likely N-dealkylation sites (tertiary alicyclic amines) is 1. The molecule has 2 aromatic rings. The Kier molecular flexibility index (Phi) is 5.47. The summed E-state index contributed by atoms with van der Waals surface area (Å²) in [5.74, 6) is 1.23. The van der Waals surface area contributed by atoms with Crippen LogP contribution in [-0.2, 0) is 22.7 Å². The monoisotopic (exact) mass is 347 g/mol. The molecular weight excluding hydrogens is 322 g/mol. The third-order valence-electron chi connectivity index (χ3n) is 4.38. The average molecular weight is 347 g/mol. The number of rotatable bonds is 6. The number of hydrogen-bond acceptors (Lipinski definition) is 6. The van der Waals surface area contributed by atoms with Crippen molar-refractivity contribution in [3.8, 4) is 0 Å². The number of hydrogen-bond donors (Lipinski definition) is 0. The minimum atomic E-state index is 0.0126. The van der Waals surface area contributed by atoms with Crippen molar-refractivity contribution in [2.24, 2.45) is 0 Å². The Morgan fingerprint density at radius 1 is 1.40 bits per heavy atom. The molecule has 0 spiro atoms. The highest BCUT2D eigenvalue weighted by Gasteiger charge is 2.24. The van der Waals surface area contributed by atoms with Crippen molar-refractivity contribution >= 4 is 5.91 Å². The molecule has 3 rings (SSSR count). The van der Waals surface area contributed by atoms with Crippen molar-refractivity contribution in [3.63, 3.8) is 0 Å². The van der Waals surface area contributed by atoms with Crippen LogP contribution in [0.25, 0.3) is 0 Å². The highest BCUT2D eigenvalue weighted by molar-refractivity contribution is 5.76. The molecule has 1 aliphatic rings. The number of carbonyl (C=O) groups is 1. The molecule has 0 N–H and O–H groups in total. The summed E-state index contributed by atoms with van der Waals surface area (Å²) in [6.45, 7) is 8.05. The van der Waals surface area contributed by atoms with Gasteiger partial charge in [0.05, 0.1) is 11.8 Å². The van der Waals surface area contributed by atoms with Gasteiger partial charge in [0.25, 0.3) is 5.89 Å². The van der Waals surface area contributed by atoms with Gasteiger partial charge in [0.2, 0.25) is 5.91 Å². The van der Waals surface area contributed by atoms with E-state index < -0.39 is 0 Å². The SMILES string of the molecule is Cc1cc(C)n(CCC(=O)N2CCCC(OCc3nc(C)no3)C2)n1. The van der Waals surface area contributed by atoms with Gasteiger partial charge < -0.3 is 14.2 Å². The smallest absolute Gasteiger partial charge is 0.252 e. The van der Waals surface area contributed by atoms with Gasteiger partial charge in [-0.15, -0.1) is 0 Å². The molecule has 8 heteroatoms. The zero-order valence-corrected chi connectivity index (χ0v) is 15.1. The molecule has 0 radical (unpaired) electrons. The van der Waals surface area contributed by atoms with Crippen molar-refractivity contribution < 1.29 is 14.1 Å². The fourth-order valence-electron chi connectivity index (χ4n) is 3.15. The van der Waals surface area contributed by atoms with Crippen LogP contribution in [0.4, 0.5) is 0 Å². The molecule has 0 bridgehead atoms. The Labute approximate surface area is 147 Å². The van der Waals surface area contributed by atoms with Gasteiger partial charge in [-0.2, -0.15) is 10.1 Å². The molecule has 8 nitrogen and oxygen atoms in total. The lowest BCUT2D eigenvalue weighted by Crippen LogP contribution is -2.43. The lowest BCUT2D eigenvalue weighted by atomic mass is 10.1. The van der Waals surface area contributed by atoms with Gasteiger partial charge in [-0.3, -0.25) is 9.48 Å². The second-order valence-corrected chi connectivity index (χ2v) is 6.55. The van der Waals surface area contributed by atoms with Crippen molar-refractivity contribution in [1.82, 2.24) is 24.8 Å². The quantitative estimate of drug-likeness (QED) is 0.792. The Bertz CT molecular complexity index is 724. The minimum Gasteiger partial charge on any atom is -0.367 e.